The van der Waals surface area contributed by atoms with Crippen molar-refractivity contribution in [3.8, 4) is 0 Å². The third-order valence-electron chi connectivity index (χ3n) is 0.339. The monoisotopic (exact) mass is 207 g/mol. The molecule has 0 rings (SSSR count). The Morgan fingerprint density at radius 1 is 1.55 bits per heavy atom. The van der Waals surface area contributed by atoms with Gasteiger partial charge in [-0.2, -0.15) is 4.62 Å². The molecular weight excluding hydrogens is 200 g/mol. The highest BCUT2D eigenvalue weighted by atomic mass is 35.5. The van der Waals surface area contributed by atoms with Crippen molar-refractivity contribution in [3.63, 3.8) is 0 Å². The lowest BCUT2D eigenvalue weighted by molar-refractivity contribution is 0.102. The second kappa shape index (κ2) is 5.30. The van der Waals surface area contributed by atoms with Crippen LogP contribution in [0.1, 0.15) is 0 Å². The Bertz CT molecular complexity index is 167. The van der Waals surface area contributed by atoms with Crippen LogP contribution in [0.15, 0.2) is 0 Å². The number of nitrogens with one attached hydrogen (secondary N) is 2. The van der Waals surface area contributed by atoms with Crippen LogP contribution in [0.2, 0.25) is 0 Å². The van der Waals surface area contributed by atoms with Gasteiger partial charge >= 0.3 is 13.9 Å². The molecule has 0 aromatic heterocycles. The van der Waals surface area contributed by atoms with E-state index in [1.165, 1.54) is 5.59 Å². The van der Waals surface area contributed by atoms with Crippen molar-refractivity contribution >= 4 is 26.3 Å². The highest BCUT2D eigenvalue weighted by molar-refractivity contribution is 7.46. The van der Waals surface area contributed by atoms with Crippen LogP contribution in [0.3, 0.4) is 0 Å². The topological polar surface area (TPSA) is 134 Å². The van der Waals surface area contributed by atoms with E-state index in [1.807, 2.05) is 0 Å². The smallest absolute Gasteiger partial charge is 0.350 e. The number of hydrogen-bond donors (Lipinski definition) is 5. The second-order valence-electron chi connectivity index (χ2n) is 1.17. The molecule has 6 N–H and O–H groups in total. The van der Waals surface area contributed by atoms with E-state index < -0.39 is 13.9 Å². The van der Waals surface area contributed by atoms with E-state index in [-0.39, 0.29) is 12.4 Å². The molecule has 0 atom stereocenters. The van der Waals surface area contributed by atoms with E-state index in [0.29, 0.717) is 0 Å². The van der Waals surface area contributed by atoms with Gasteiger partial charge in [-0.25, -0.2) is 14.8 Å². The lowest BCUT2D eigenvalue weighted by Gasteiger charge is -2.04. The number of hydrazine groups is 1. The number of halogens is 1. The van der Waals surface area contributed by atoms with Gasteiger partial charge in [0.15, 0.2) is 0 Å². The maximum absolute atomic E-state index is 9.83. The number of hydrogen-bond acceptors (Lipinski definition) is 4. The minimum atomic E-state index is -4.60. The normalized spacial score (nSPS) is 10.0. The summed E-state index contributed by atoms with van der Waals surface area (Å²) >= 11 is 0. The van der Waals surface area contributed by atoms with Gasteiger partial charge in [-0.15, -0.1) is 12.4 Å². The van der Waals surface area contributed by atoms with Crippen molar-refractivity contribution in [3.05, 3.63) is 0 Å². The van der Waals surface area contributed by atoms with Crippen LogP contribution in [0.25, 0.3) is 0 Å². The molecule has 2 amide bonds. The Balaban J connectivity index is 0. The summed E-state index contributed by atoms with van der Waals surface area (Å²) in [5.74, 6) is 0. The molecule has 0 bridgehead atoms. The van der Waals surface area contributed by atoms with E-state index in [1.54, 1.807) is 5.43 Å². The Morgan fingerprint density at radius 2 is 2.00 bits per heavy atom. The lowest BCUT2D eigenvalue weighted by Crippen LogP contribution is -2.40. The number of nitrogens with two attached hydrogens (primary N) is 1. The van der Waals surface area contributed by atoms with Crippen molar-refractivity contribution < 1.29 is 23.8 Å². The first-order chi connectivity index (χ1) is 4.42. The maximum atomic E-state index is 9.83. The van der Waals surface area contributed by atoms with Gasteiger partial charge in [0.2, 0.25) is 0 Å². The number of rotatable bonds is 3. The van der Waals surface area contributed by atoms with E-state index >= 15 is 0 Å². The quantitative estimate of drug-likeness (QED) is 0.286. The number of primary amides is 1. The largest absolute Gasteiger partial charge is 0.487 e. The van der Waals surface area contributed by atoms with Crippen molar-refractivity contribution in [2.45, 2.75) is 0 Å². The molecule has 0 heterocycles. The van der Waals surface area contributed by atoms with Crippen LogP contribution >= 0.6 is 20.2 Å². The SMILES string of the molecule is Cl.NC(=O)NNOP(=O)(O)O. The van der Waals surface area contributed by atoms with Crippen molar-refractivity contribution in [2.24, 2.45) is 5.73 Å². The van der Waals surface area contributed by atoms with E-state index in [9.17, 15) is 9.36 Å². The van der Waals surface area contributed by atoms with Gasteiger partial charge in [-0.05, 0) is 0 Å². The van der Waals surface area contributed by atoms with Gasteiger partial charge < -0.3 is 15.5 Å². The summed E-state index contributed by atoms with van der Waals surface area (Å²) in [4.78, 5) is 25.7. The molecule has 0 fully saturated rings. The summed E-state index contributed by atoms with van der Waals surface area (Å²) in [5.41, 5.74) is 7.49. The Labute approximate surface area is 67.7 Å². The fourth-order valence-corrected chi connectivity index (χ4v) is 0.297. The molecule has 0 unspecified atom stereocenters. The molecule has 0 aromatic carbocycles. The number of urea groups is 1. The summed E-state index contributed by atoms with van der Waals surface area (Å²) < 4.78 is 13.4. The molecule has 68 valence electrons. The standard InChI is InChI=1S/CH6N3O5P.ClH/c2-1(5)3-4-9-10(6,7)8;/h4H,(H3,2,3,5)(H2,6,7,8);1H. The Hall–Kier alpha value is -0.370. The van der Waals surface area contributed by atoms with Crippen LogP contribution < -0.4 is 16.7 Å². The summed E-state index contributed by atoms with van der Waals surface area (Å²) in [5, 5.41) is 0. The first-order valence-corrected chi connectivity index (χ1v) is 3.49. The molecule has 0 aliphatic heterocycles. The molecule has 10 heteroatoms. The molecule has 8 nitrogen and oxygen atoms in total. The molecule has 0 aromatic rings. The summed E-state index contributed by atoms with van der Waals surface area (Å²) in [6, 6.07) is -1.02. The zero-order valence-corrected chi connectivity index (χ0v) is 6.76. The van der Waals surface area contributed by atoms with Crippen LogP contribution in [0.5, 0.6) is 0 Å². The van der Waals surface area contributed by atoms with E-state index in [0.717, 1.165) is 0 Å². The van der Waals surface area contributed by atoms with E-state index in [4.69, 9.17) is 9.79 Å². The second-order valence-corrected chi connectivity index (χ2v) is 2.34. The van der Waals surface area contributed by atoms with Crippen molar-refractivity contribution in [1.29, 1.82) is 0 Å². The summed E-state index contributed by atoms with van der Waals surface area (Å²) in [6.45, 7) is 0. The Kier molecular flexibility index (Phi) is 6.38. The highest BCUT2D eigenvalue weighted by Crippen LogP contribution is 2.33. The number of carbonyl (C=O) groups excluding carboxylic acids is 1. The molecular formula is CH7ClN3O5P. The minimum Gasteiger partial charge on any atom is -0.350 e. The van der Waals surface area contributed by atoms with Gasteiger partial charge in [0.25, 0.3) is 0 Å². The van der Waals surface area contributed by atoms with Crippen molar-refractivity contribution in [2.75, 3.05) is 0 Å². The average molecular weight is 208 g/mol. The third kappa shape index (κ3) is 12.8. The molecule has 0 spiro atoms. The number of amides is 2. The van der Waals surface area contributed by atoms with Crippen LogP contribution in [-0.4, -0.2) is 15.8 Å². The predicted molar refractivity (Wildman–Crippen MR) is 36.2 cm³/mol. The predicted octanol–water partition coefficient (Wildman–Crippen LogP) is -1.39. The van der Waals surface area contributed by atoms with Crippen molar-refractivity contribution in [1.82, 2.24) is 11.0 Å². The van der Waals surface area contributed by atoms with E-state index in [2.05, 4.69) is 10.4 Å². The van der Waals surface area contributed by atoms with Crippen LogP contribution in [-0.2, 0) is 9.19 Å². The van der Waals surface area contributed by atoms with Crippen LogP contribution in [0, 0.1) is 0 Å². The third-order valence-corrected chi connectivity index (χ3v) is 0.668. The van der Waals surface area contributed by atoms with Gasteiger partial charge in [-0.3, -0.25) is 0 Å². The molecule has 0 aliphatic rings. The number of carbonyl (C=O) groups is 1. The van der Waals surface area contributed by atoms with Gasteiger partial charge in [0.05, 0.1) is 0 Å². The molecule has 11 heavy (non-hydrogen) atoms. The molecule has 0 aliphatic carbocycles. The number of phosphoric acid groups is 1. The summed E-state index contributed by atoms with van der Waals surface area (Å²) in [6.07, 6.45) is 0. The first kappa shape index (κ1) is 13.2. The fraction of sp³-hybridized carbons (Fsp3) is 0. The first-order valence-electron chi connectivity index (χ1n) is 1.96. The van der Waals surface area contributed by atoms with Gasteiger partial charge in [0, 0.05) is 0 Å². The zero-order chi connectivity index (χ0) is 8.20. The van der Waals surface area contributed by atoms with Gasteiger partial charge in [-0.1, -0.05) is 5.59 Å². The highest BCUT2D eigenvalue weighted by Gasteiger charge is 2.13. The van der Waals surface area contributed by atoms with Gasteiger partial charge in [0.1, 0.15) is 0 Å². The molecule has 0 radical (unpaired) electrons. The maximum Gasteiger partial charge on any atom is 0.487 e. The fourth-order valence-electron chi connectivity index (χ4n) is 0.133. The molecule has 0 saturated heterocycles. The zero-order valence-electron chi connectivity index (χ0n) is 5.05. The lowest BCUT2D eigenvalue weighted by atomic mass is 11.2. The molecule has 0 saturated carbocycles. The average Bonchev–Trinajstić information content (AvgIpc) is 1.59. The van der Waals surface area contributed by atoms with Crippen LogP contribution in [0.4, 0.5) is 4.79 Å². The Morgan fingerprint density at radius 3 is 2.27 bits per heavy atom. The minimum absolute atomic E-state index is 0. The summed E-state index contributed by atoms with van der Waals surface area (Å²) in [7, 11) is -4.60.